The molecule has 1 aromatic rings. The SMILES string of the molecule is O=C1CC(CO)CN1C(CCO)c1ccc(F)cc1. The van der Waals surface area contributed by atoms with Crippen molar-refractivity contribution in [2.45, 2.75) is 18.9 Å². The molecule has 2 rings (SSSR count). The lowest BCUT2D eigenvalue weighted by Gasteiger charge is -2.28. The molecule has 0 aliphatic carbocycles. The highest BCUT2D eigenvalue weighted by Crippen LogP contribution is 2.30. The summed E-state index contributed by atoms with van der Waals surface area (Å²) in [6.45, 7) is 0.421. The van der Waals surface area contributed by atoms with Crippen LogP contribution in [0.5, 0.6) is 0 Å². The minimum Gasteiger partial charge on any atom is -0.396 e. The van der Waals surface area contributed by atoms with Crippen LogP contribution in [0, 0.1) is 11.7 Å². The third-order valence-electron chi connectivity index (χ3n) is 3.53. The number of hydrogen-bond donors (Lipinski definition) is 2. The maximum atomic E-state index is 12.9. The highest BCUT2D eigenvalue weighted by Gasteiger charge is 2.34. The zero-order chi connectivity index (χ0) is 13.8. The summed E-state index contributed by atoms with van der Waals surface area (Å²) in [5, 5.41) is 18.3. The Balaban J connectivity index is 2.20. The van der Waals surface area contributed by atoms with Gasteiger partial charge in [-0.1, -0.05) is 12.1 Å². The van der Waals surface area contributed by atoms with Gasteiger partial charge in [0, 0.05) is 32.1 Å². The van der Waals surface area contributed by atoms with Gasteiger partial charge in [-0.15, -0.1) is 0 Å². The highest BCUT2D eigenvalue weighted by molar-refractivity contribution is 5.79. The van der Waals surface area contributed by atoms with Crippen molar-refractivity contribution in [2.24, 2.45) is 5.92 Å². The molecule has 1 amide bonds. The van der Waals surface area contributed by atoms with E-state index in [1.807, 2.05) is 0 Å². The number of likely N-dealkylation sites (tertiary alicyclic amines) is 1. The largest absolute Gasteiger partial charge is 0.396 e. The number of hydrogen-bond acceptors (Lipinski definition) is 3. The Morgan fingerprint density at radius 2 is 2.00 bits per heavy atom. The van der Waals surface area contributed by atoms with Gasteiger partial charge in [0.25, 0.3) is 0 Å². The second-order valence-electron chi connectivity index (χ2n) is 4.88. The van der Waals surface area contributed by atoms with Crippen LogP contribution in [0.2, 0.25) is 0 Å². The van der Waals surface area contributed by atoms with E-state index >= 15 is 0 Å². The Labute approximate surface area is 111 Å². The van der Waals surface area contributed by atoms with Gasteiger partial charge in [-0.2, -0.15) is 0 Å². The fourth-order valence-corrected chi connectivity index (χ4v) is 2.54. The van der Waals surface area contributed by atoms with Gasteiger partial charge in [-0.25, -0.2) is 4.39 Å². The van der Waals surface area contributed by atoms with Gasteiger partial charge in [0.15, 0.2) is 0 Å². The molecule has 1 heterocycles. The highest BCUT2D eigenvalue weighted by atomic mass is 19.1. The van der Waals surface area contributed by atoms with Crippen LogP contribution in [0.1, 0.15) is 24.4 Å². The first-order valence-corrected chi connectivity index (χ1v) is 6.42. The molecule has 1 aliphatic heterocycles. The molecule has 1 aliphatic rings. The number of nitrogens with zero attached hydrogens (tertiary/aromatic N) is 1. The van der Waals surface area contributed by atoms with Crippen LogP contribution in [0.3, 0.4) is 0 Å². The fourth-order valence-electron chi connectivity index (χ4n) is 2.54. The first-order valence-electron chi connectivity index (χ1n) is 6.42. The van der Waals surface area contributed by atoms with E-state index in [0.717, 1.165) is 5.56 Å². The molecule has 2 N–H and O–H groups in total. The number of rotatable bonds is 5. The molecular weight excluding hydrogens is 249 g/mol. The van der Waals surface area contributed by atoms with Crippen molar-refractivity contribution < 1.29 is 19.4 Å². The third-order valence-corrected chi connectivity index (χ3v) is 3.53. The van der Waals surface area contributed by atoms with Gasteiger partial charge in [0.2, 0.25) is 5.91 Å². The first-order chi connectivity index (χ1) is 9.15. The van der Waals surface area contributed by atoms with Gasteiger partial charge in [-0.05, 0) is 24.1 Å². The molecule has 1 fully saturated rings. The number of aliphatic hydroxyl groups is 2. The van der Waals surface area contributed by atoms with E-state index < -0.39 is 0 Å². The second-order valence-corrected chi connectivity index (χ2v) is 4.88. The number of halogens is 1. The molecule has 0 spiro atoms. The van der Waals surface area contributed by atoms with Crippen molar-refractivity contribution in [3.8, 4) is 0 Å². The summed E-state index contributed by atoms with van der Waals surface area (Å²) in [6, 6.07) is 5.72. The molecule has 1 saturated heterocycles. The van der Waals surface area contributed by atoms with Crippen LogP contribution in [0.15, 0.2) is 24.3 Å². The molecule has 0 saturated carbocycles. The van der Waals surface area contributed by atoms with Crippen LogP contribution >= 0.6 is 0 Å². The number of benzene rings is 1. The lowest BCUT2D eigenvalue weighted by Crippen LogP contribution is -2.31. The lowest BCUT2D eigenvalue weighted by atomic mass is 10.0. The monoisotopic (exact) mass is 267 g/mol. The average Bonchev–Trinajstić information content (AvgIpc) is 2.78. The average molecular weight is 267 g/mol. The van der Waals surface area contributed by atoms with Gasteiger partial charge in [0.05, 0.1) is 6.04 Å². The van der Waals surface area contributed by atoms with Crippen LogP contribution < -0.4 is 0 Å². The smallest absolute Gasteiger partial charge is 0.223 e. The molecular formula is C14H18FNO3. The predicted molar refractivity (Wildman–Crippen MR) is 67.7 cm³/mol. The molecule has 5 heteroatoms. The van der Waals surface area contributed by atoms with Crippen LogP contribution in [-0.4, -0.2) is 40.8 Å². The summed E-state index contributed by atoms with van der Waals surface area (Å²) in [7, 11) is 0. The molecule has 0 bridgehead atoms. The molecule has 4 nitrogen and oxygen atoms in total. The predicted octanol–water partition coefficient (Wildman–Crippen LogP) is 1.09. The summed E-state index contributed by atoms with van der Waals surface area (Å²) >= 11 is 0. The summed E-state index contributed by atoms with van der Waals surface area (Å²) in [5.41, 5.74) is 0.808. The van der Waals surface area contributed by atoms with Crippen LogP contribution in [0.4, 0.5) is 4.39 Å². The zero-order valence-corrected chi connectivity index (χ0v) is 10.6. The zero-order valence-electron chi connectivity index (χ0n) is 10.6. The third kappa shape index (κ3) is 3.11. The van der Waals surface area contributed by atoms with Crippen molar-refractivity contribution >= 4 is 5.91 Å². The topological polar surface area (TPSA) is 60.8 Å². The summed E-state index contributed by atoms with van der Waals surface area (Å²) in [6.07, 6.45) is 0.745. The lowest BCUT2D eigenvalue weighted by molar-refractivity contribution is -0.130. The van der Waals surface area contributed by atoms with Crippen molar-refractivity contribution in [3.63, 3.8) is 0 Å². The molecule has 1 aromatic carbocycles. The van der Waals surface area contributed by atoms with Gasteiger partial charge >= 0.3 is 0 Å². The van der Waals surface area contributed by atoms with Crippen molar-refractivity contribution in [2.75, 3.05) is 19.8 Å². The Bertz CT molecular complexity index is 435. The van der Waals surface area contributed by atoms with Crippen molar-refractivity contribution in [1.29, 1.82) is 0 Å². The van der Waals surface area contributed by atoms with Crippen molar-refractivity contribution in [3.05, 3.63) is 35.6 Å². The van der Waals surface area contributed by atoms with E-state index in [9.17, 15) is 9.18 Å². The Morgan fingerprint density at radius 1 is 1.32 bits per heavy atom. The van der Waals surface area contributed by atoms with E-state index in [1.54, 1.807) is 17.0 Å². The van der Waals surface area contributed by atoms with E-state index in [2.05, 4.69) is 0 Å². The molecule has 2 unspecified atom stereocenters. The fraction of sp³-hybridized carbons (Fsp3) is 0.500. The summed E-state index contributed by atoms with van der Waals surface area (Å²) in [4.78, 5) is 13.6. The van der Waals surface area contributed by atoms with Gasteiger partial charge < -0.3 is 15.1 Å². The maximum absolute atomic E-state index is 12.9. The number of carbonyl (C=O) groups excluding carboxylic acids is 1. The minimum absolute atomic E-state index is 0.0164. The minimum atomic E-state index is -0.326. The quantitative estimate of drug-likeness (QED) is 0.839. The number of amides is 1. The number of carbonyl (C=O) groups is 1. The van der Waals surface area contributed by atoms with Crippen LogP contribution in [-0.2, 0) is 4.79 Å². The van der Waals surface area contributed by atoms with E-state index in [-0.39, 0.29) is 36.9 Å². The van der Waals surface area contributed by atoms with Gasteiger partial charge in [0.1, 0.15) is 5.82 Å². The first kappa shape index (κ1) is 14.0. The summed E-state index contributed by atoms with van der Waals surface area (Å²) < 4.78 is 12.9. The van der Waals surface area contributed by atoms with E-state index in [4.69, 9.17) is 10.2 Å². The molecule has 19 heavy (non-hydrogen) atoms. The van der Waals surface area contributed by atoms with Crippen LogP contribution in [0.25, 0.3) is 0 Å². The van der Waals surface area contributed by atoms with Gasteiger partial charge in [-0.3, -0.25) is 4.79 Å². The number of aliphatic hydroxyl groups excluding tert-OH is 2. The molecule has 0 radical (unpaired) electrons. The Kier molecular flexibility index (Phi) is 4.50. The normalized spacial score (nSPS) is 20.9. The standard InChI is InChI=1S/C14H18FNO3/c15-12-3-1-11(2-4-12)13(5-6-17)16-8-10(9-18)7-14(16)19/h1-4,10,13,17-18H,5-9H2. The van der Waals surface area contributed by atoms with Crippen molar-refractivity contribution in [1.82, 2.24) is 4.90 Å². The van der Waals surface area contributed by atoms with E-state index in [1.165, 1.54) is 12.1 Å². The Morgan fingerprint density at radius 3 is 2.53 bits per heavy atom. The molecule has 2 atom stereocenters. The maximum Gasteiger partial charge on any atom is 0.223 e. The molecule has 0 aromatic heterocycles. The summed E-state index contributed by atoms with van der Waals surface area (Å²) in [5.74, 6) is -0.400. The molecule has 104 valence electrons. The Hall–Kier alpha value is -1.46. The van der Waals surface area contributed by atoms with E-state index in [0.29, 0.717) is 19.4 Å². The second kappa shape index (κ2) is 6.12.